The van der Waals surface area contributed by atoms with Crippen molar-refractivity contribution < 1.29 is 26.4 Å². The highest BCUT2D eigenvalue weighted by Gasteiger charge is 2.35. The van der Waals surface area contributed by atoms with Crippen molar-refractivity contribution in [2.45, 2.75) is 24.5 Å². The van der Waals surface area contributed by atoms with Gasteiger partial charge >= 0.3 is 6.18 Å². The fourth-order valence-electron chi connectivity index (χ4n) is 3.16. The van der Waals surface area contributed by atoms with Crippen LogP contribution < -0.4 is 5.32 Å². The van der Waals surface area contributed by atoms with E-state index in [1.807, 2.05) is 6.07 Å². The predicted octanol–water partition coefficient (Wildman–Crippen LogP) is 1.89. The summed E-state index contributed by atoms with van der Waals surface area (Å²) in [6.07, 6.45) is -2.16. The molecule has 0 aliphatic heterocycles. The van der Waals surface area contributed by atoms with Crippen molar-refractivity contribution in [2.24, 2.45) is 0 Å². The van der Waals surface area contributed by atoms with Gasteiger partial charge in [-0.05, 0) is 12.1 Å². The van der Waals surface area contributed by atoms with Crippen molar-refractivity contribution in [2.75, 3.05) is 12.3 Å². The van der Waals surface area contributed by atoms with E-state index in [0.29, 0.717) is 0 Å². The molecule has 0 unspecified atom stereocenters. The standard InChI is InChI=1S/C19H15F3N8O3S/c1-2-34(32,33)18-15(11-5-9-29-14(26-11)10-13(27-29)19(20,21)22)16-24-8-4-12(30(16)28-18)17(31)25-7-3-6-23/h4-5,8-10H,2-3,7H2,1H3,(H,25,31). The van der Waals surface area contributed by atoms with E-state index in [2.05, 4.69) is 25.5 Å². The molecule has 0 aliphatic carbocycles. The molecule has 0 atom stereocenters. The van der Waals surface area contributed by atoms with Crippen molar-refractivity contribution in [3.05, 3.63) is 42.0 Å². The number of amides is 1. The number of fused-ring (bicyclic) bond motifs is 2. The van der Waals surface area contributed by atoms with Gasteiger partial charge in [0.2, 0.25) is 0 Å². The van der Waals surface area contributed by atoms with Crippen molar-refractivity contribution in [1.82, 2.24) is 34.5 Å². The summed E-state index contributed by atoms with van der Waals surface area (Å²) < 4.78 is 66.7. The minimum absolute atomic E-state index is 0.0160. The van der Waals surface area contributed by atoms with Crippen LogP contribution in [0.1, 0.15) is 29.5 Å². The molecule has 0 bridgehead atoms. The van der Waals surface area contributed by atoms with Gasteiger partial charge in [-0.3, -0.25) is 4.79 Å². The van der Waals surface area contributed by atoms with Gasteiger partial charge < -0.3 is 5.32 Å². The van der Waals surface area contributed by atoms with Crippen LogP contribution in [0, 0.1) is 11.3 Å². The topological polar surface area (TPSA) is 147 Å². The minimum Gasteiger partial charge on any atom is -0.350 e. The van der Waals surface area contributed by atoms with Gasteiger partial charge in [-0.2, -0.15) is 28.6 Å². The Morgan fingerprint density at radius 2 is 2.03 bits per heavy atom. The molecule has 34 heavy (non-hydrogen) atoms. The highest BCUT2D eigenvalue weighted by molar-refractivity contribution is 7.91. The number of carbonyl (C=O) groups is 1. The van der Waals surface area contributed by atoms with Gasteiger partial charge in [0.05, 0.1) is 29.5 Å². The quantitative estimate of drug-likeness (QED) is 0.401. The maximum absolute atomic E-state index is 13.0. The van der Waals surface area contributed by atoms with Crippen LogP contribution in [0.15, 0.2) is 35.6 Å². The number of hydrogen-bond acceptors (Lipinski definition) is 8. The van der Waals surface area contributed by atoms with Crippen LogP contribution in [0.25, 0.3) is 22.6 Å². The van der Waals surface area contributed by atoms with Crippen LogP contribution in [0.4, 0.5) is 13.2 Å². The highest BCUT2D eigenvalue weighted by atomic mass is 32.2. The molecular formula is C19H15F3N8O3S. The molecule has 176 valence electrons. The second kappa shape index (κ2) is 8.37. The van der Waals surface area contributed by atoms with E-state index in [0.717, 1.165) is 15.1 Å². The third kappa shape index (κ3) is 4.03. The first kappa shape index (κ1) is 23.1. The Kier molecular flexibility index (Phi) is 5.69. The zero-order valence-corrected chi connectivity index (χ0v) is 18.2. The molecule has 0 radical (unpaired) electrons. The number of nitrogens with zero attached hydrogens (tertiary/aromatic N) is 7. The maximum atomic E-state index is 13.0. The van der Waals surface area contributed by atoms with Gasteiger partial charge in [0.1, 0.15) is 5.69 Å². The van der Waals surface area contributed by atoms with E-state index in [1.54, 1.807) is 0 Å². The van der Waals surface area contributed by atoms with Crippen molar-refractivity contribution >= 4 is 27.0 Å². The lowest BCUT2D eigenvalue weighted by Crippen LogP contribution is -2.26. The predicted molar refractivity (Wildman–Crippen MR) is 110 cm³/mol. The lowest BCUT2D eigenvalue weighted by molar-refractivity contribution is -0.141. The Morgan fingerprint density at radius 1 is 1.26 bits per heavy atom. The third-order valence-corrected chi connectivity index (χ3v) is 6.42. The molecule has 4 aromatic heterocycles. The molecule has 0 saturated carbocycles. The van der Waals surface area contributed by atoms with Gasteiger partial charge in [-0.15, -0.1) is 0 Å². The molecule has 11 nitrogen and oxygen atoms in total. The average Bonchev–Trinajstić information content (AvgIpc) is 3.40. The number of aromatic nitrogens is 6. The summed E-state index contributed by atoms with van der Waals surface area (Å²) in [5.74, 6) is -0.952. The van der Waals surface area contributed by atoms with Crippen molar-refractivity contribution in [3.8, 4) is 17.3 Å². The molecule has 1 amide bonds. The monoisotopic (exact) mass is 492 g/mol. The molecule has 0 aliphatic rings. The summed E-state index contributed by atoms with van der Waals surface area (Å²) in [4.78, 5) is 20.9. The fourth-order valence-corrected chi connectivity index (χ4v) is 4.14. The van der Waals surface area contributed by atoms with E-state index >= 15 is 0 Å². The normalized spacial score (nSPS) is 12.2. The molecule has 0 aromatic carbocycles. The van der Waals surface area contributed by atoms with Gasteiger partial charge in [-0.25, -0.2) is 27.4 Å². The zero-order valence-electron chi connectivity index (χ0n) is 17.4. The van der Waals surface area contributed by atoms with Gasteiger partial charge in [-0.1, -0.05) is 6.92 Å². The van der Waals surface area contributed by atoms with Crippen LogP contribution in [-0.4, -0.2) is 55.8 Å². The zero-order chi connectivity index (χ0) is 24.7. The fraction of sp³-hybridized carbons (Fsp3) is 0.263. The Bertz CT molecular complexity index is 1570. The number of rotatable bonds is 6. The van der Waals surface area contributed by atoms with Gasteiger partial charge in [0, 0.05) is 25.0 Å². The summed E-state index contributed by atoms with van der Waals surface area (Å²) in [6.45, 7) is 1.46. The highest BCUT2D eigenvalue weighted by Crippen LogP contribution is 2.32. The Hall–Kier alpha value is -4.06. The minimum atomic E-state index is -4.69. The number of nitrogens with one attached hydrogen (secondary N) is 1. The lowest BCUT2D eigenvalue weighted by Gasteiger charge is -2.05. The van der Waals surface area contributed by atoms with Crippen LogP contribution >= 0.6 is 0 Å². The van der Waals surface area contributed by atoms with E-state index in [-0.39, 0.29) is 47.0 Å². The lowest BCUT2D eigenvalue weighted by atomic mass is 10.2. The smallest absolute Gasteiger partial charge is 0.350 e. The second-order valence-electron chi connectivity index (χ2n) is 6.96. The Labute approximate surface area is 189 Å². The van der Waals surface area contributed by atoms with Crippen LogP contribution in [-0.2, 0) is 16.0 Å². The molecule has 0 saturated heterocycles. The largest absolute Gasteiger partial charge is 0.435 e. The molecule has 15 heteroatoms. The summed E-state index contributed by atoms with van der Waals surface area (Å²) >= 11 is 0. The van der Waals surface area contributed by atoms with Crippen molar-refractivity contribution in [1.29, 1.82) is 5.26 Å². The Balaban J connectivity index is 1.94. The first-order valence-corrected chi connectivity index (χ1v) is 11.4. The number of halogens is 3. The van der Waals surface area contributed by atoms with Gasteiger partial charge in [0.15, 0.2) is 31.9 Å². The van der Waals surface area contributed by atoms with Crippen LogP contribution in [0.2, 0.25) is 0 Å². The van der Waals surface area contributed by atoms with E-state index in [4.69, 9.17) is 5.26 Å². The van der Waals surface area contributed by atoms with Crippen LogP contribution in [0.3, 0.4) is 0 Å². The maximum Gasteiger partial charge on any atom is 0.435 e. The molecular weight excluding hydrogens is 477 g/mol. The molecule has 4 heterocycles. The SMILES string of the molecule is CCS(=O)(=O)c1nn2c(C(=O)NCCC#N)ccnc2c1-c1ccn2nc(C(F)(F)F)cc2n1. The van der Waals surface area contributed by atoms with Gasteiger partial charge in [0.25, 0.3) is 5.91 Å². The number of sulfone groups is 1. The van der Waals surface area contributed by atoms with Crippen molar-refractivity contribution in [3.63, 3.8) is 0 Å². The van der Waals surface area contributed by atoms with Crippen LogP contribution in [0.5, 0.6) is 0 Å². The van der Waals surface area contributed by atoms with E-state index < -0.39 is 32.6 Å². The third-order valence-electron chi connectivity index (χ3n) is 4.79. The summed E-state index contributed by atoms with van der Waals surface area (Å²) in [5.41, 5.74) is -1.50. The first-order chi connectivity index (χ1) is 16.1. The average molecular weight is 492 g/mol. The molecule has 4 rings (SSSR count). The molecule has 1 N–H and O–H groups in total. The van der Waals surface area contributed by atoms with E-state index in [1.165, 1.54) is 31.5 Å². The number of alkyl halides is 3. The number of hydrogen-bond donors (Lipinski definition) is 1. The molecule has 4 aromatic rings. The molecule has 0 fully saturated rings. The molecule has 0 spiro atoms. The van der Waals surface area contributed by atoms with E-state index in [9.17, 15) is 26.4 Å². The number of carbonyl (C=O) groups excluding carboxylic acids is 1. The summed E-state index contributed by atoms with van der Waals surface area (Å²) in [5, 5.41) is 18.3. The second-order valence-corrected chi connectivity index (χ2v) is 9.15. The summed E-state index contributed by atoms with van der Waals surface area (Å²) in [6, 6.07) is 5.21. The number of nitriles is 1. The first-order valence-electron chi connectivity index (χ1n) is 9.76. The Morgan fingerprint density at radius 3 is 2.71 bits per heavy atom. The summed E-state index contributed by atoms with van der Waals surface area (Å²) in [7, 11) is -3.96.